The van der Waals surface area contributed by atoms with Crippen molar-refractivity contribution in [2.45, 2.75) is 24.4 Å². The van der Waals surface area contributed by atoms with Gasteiger partial charge in [-0.2, -0.15) is 0 Å². The van der Waals surface area contributed by atoms with Crippen LogP contribution in [0.5, 0.6) is 0 Å². The quantitative estimate of drug-likeness (QED) is 0.269. The molecular weight excluding hydrogens is 176 g/mol. The third-order valence-electron chi connectivity index (χ3n) is 3.36. The number of carbonyl (C=O) groups is 2. The highest BCUT2D eigenvalue weighted by Gasteiger charge is 2.75. The lowest BCUT2D eigenvalue weighted by Crippen LogP contribution is -2.34. The third-order valence-corrected chi connectivity index (χ3v) is 3.36. The Morgan fingerprint density at radius 1 is 0.769 bits per heavy atom. The van der Waals surface area contributed by atoms with Crippen LogP contribution in [-0.2, 0) is 23.8 Å². The van der Waals surface area contributed by atoms with Crippen molar-refractivity contribution in [1.29, 1.82) is 0 Å². The molecule has 0 radical (unpaired) electrons. The summed E-state index contributed by atoms with van der Waals surface area (Å²) >= 11 is 0. The molecule has 4 heterocycles. The molecule has 4 fully saturated rings. The summed E-state index contributed by atoms with van der Waals surface area (Å²) in [5, 5.41) is 0. The lowest BCUT2D eigenvalue weighted by atomic mass is 9.81. The van der Waals surface area contributed by atoms with Crippen LogP contribution in [0.2, 0.25) is 0 Å². The Bertz CT molecular complexity index is 307. The number of epoxide rings is 1. The molecule has 2 bridgehead atoms. The van der Waals surface area contributed by atoms with Crippen molar-refractivity contribution in [3.8, 4) is 0 Å². The Balaban J connectivity index is 1.84. The molecule has 5 heteroatoms. The van der Waals surface area contributed by atoms with Crippen LogP contribution in [-0.4, -0.2) is 36.4 Å². The van der Waals surface area contributed by atoms with Crippen molar-refractivity contribution < 1.29 is 23.8 Å². The molecule has 4 aliphatic heterocycles. The van der Waals surface area contributed by atoms with Gasteiger partial charge in [0.2, 0.25) is 0 Å². The Morgan fingerprint density at radius 2 is 1.23 bits per heavy atom. The number of fused-ring (bicyclic) bond motifs is 8. The van der Waals surface area contributed by atoms with Gasteiger partial charge in [0.25, 0.3) is 0 Å². The molecule has 0 aromatic rings. The van der Waals surface area contributed by atoms with E-state index in [9.17, 15) is 9.59 Å². The van der Waals surface area contributed by atoms with E-state index in [-0.39, 0.29) is 36.3 Å². The maximum absolute atomic E-state index is 11.2. The van der Waals surface area contributed by atoms with Gasteiger partial charge in [-0.3, -0.25) is 9.59 Å². The molecule has 0 saturated carbocycles. The zero-order chi connectivity index (χ0) is 8.74. The fourth-order valence-electron chi connectivity index (χ4n) is 2.78. The van der Waals surface area contributed by atoms with E-state index in [2.05, 4.69) is 4.74 Å². The van der Waals surface area contributed by atoms with Gasteiger partial charge in [-0.05, 0) is 0 Å². The van der Waals surface area contributed by atoms with E-state index in [1.807, 2.05) is 0 Å². The number of hydrogen-bond acceptors (Lipinski definition) is 5. The van der Waals surface area contributed by atoms with Gasteiger partial charge in [0, 0.05) is 0 Å². The molecule has 0 aromatic carbocycles. The first kappa shape index (κ1) is 6.50. The van der Waals surface area contributed by atoms with Gasteiger partial charge >= 0.3 is 11.9 Å². The van der Waals surface area contributed by atoms with Gasteiger partial charge < -0.3 is 14.2 Å². The van der Waals surface area contributed by atoms with Crippen molar-refractivity contribution in [3.05, 3.63) is 0 Å². The zero-order valence-electron chi connectivity index (χ0n) is 6.51. The maximum Gasteiger partial charge on any atom is 0.320 e. The van der Waals surface area contributed by atoms with Crippen molar-refractivity contribution in [1.82, 2.24) is 0 Å². The summed E-state index contributed by atoms with van der Waals surface area (Å²) in [6.45, 7) is 0. The SMILES string of the molecule is O=C1OC(=O)[C@H]2C3OC([C@H]4O[C@@H]34)[C@@H]12. The fourth-order valence-corrected chi connectivity index (χ4v) is 2.78. The Morgan fingerprint density at radius 3 is 1.77 bits per heavy atom. The second-order valence-electron chi connectivity index (χ2n) is 3.92. The van der Waals surface area contributed by atoms with Gasteiger partial charge in [-0.1, -0.05) is 0 Å². The predicted molar refractivity (Wildman–Crippen MR) is 35.4 cm³/mol. The lowest BCUT2D eigenvalue weighted by Gasteiger charge is -2.09. The van der Waals surface area contributed by atoms with Crippen LogP contribution in [0.15, 0.2) is 0 Å². The van der Waals surface area contributed by atoms with E-state index in [0.29, 0.717) is 0 Å². The standard InChI is InChI=1S/C8H6O5/c9-7-1-2(8(10)13-7)4-6-5(12-6)3(1)11-4/h1-6H/t1-,2+,3?,4?,5+,6-. The first-order valence-corrected chi connectivity index (χ1v) is 4.34. The van der Waals surface area contributed by atoms with Crippen LogP contribution in [0.3, 0.4) is 0 Å². The summed E-state index contributed by atoms with van der Waals surface area (Å²) in [4.78, 5) is 22.5. The van der Waals surface area contributed by atoms with Crippen LogP contribution in [0.25, 0.3) is 0 Å². The van der Waals surface area contributed by atoms with Gasteiger partial charge in [0.1, 0.15) is 36.3 Å². The number of ether oxygens (including phenoxy) is 3. The van der Waals surface area contributed by atoms with Crippen molar-refractivity contribution >= 4 is 11.9 Å². The average Bonchev–Trinajstić information content (AvgIpc) is 2.58. The van der Waals surface area contributed by atoms with Crippen LogP contribution < -0.4 is 0 Å². The van der Waals surface area contributed by atoms with E-state index in [1.165, 1.54) is 0 Å². The normalized spacial score (nSPS) is 60.6. The second-order valence-corrected chi connectivity index (χ2v) is 3.92. The van der Waals surface area contributed by atoms with Crippen LogP contribution in [0.4, 0.5) is 0 Å². The van der Waals surface area contributed by atoms with E-state index < -0.39 is 11.9 Å². The summed E-state index contributed by atoms with van der Waals surface area (Å²) in [5.41, 5.74) is 0. The molecule has 4 saturated heterocycles. The number of hydrogen-bond donors (Lipinski definition) is 0. The monoisotopic (exact) mass is 182 g/mol. The van der Waals surface area contributed by atoms with E-state index >= 15 is 0 Å². The minimum Gasteiger partial charge on any atom is -0.393 e. The van der Waals surface area contributed by atoms with Gasteiger partial charge in [0.05, 0.1) is 0 Å². The highest BCUT2D eigenvalue weighted by molar-refractivity contribution is 5.98. The minimum absolute atomic E-state index is 0.0460. The summed E-state index contributed by atoms with van der Waals surface area (Å²) in [5.74, 6) is -1.64. The summed E-state index contributed by atoms with van der Waals surface area (Å²) in [7, 11) is 0. The molecule has 0 spiro atoms. The largest absolute Gasteiger partial charge is 0.393 e. The summed E-state index contributed by atoms with van der Waals surface area (Å²) in [6, 6.07) is 0. The highest BCUT2D eigenvalue weighted by Crippen LogP contribution is 2.56. The van der Waals surface area contributed by atoms with Crippen molar-refractivity contribution in [2.24, 2.45) is 11.8 Å². The highest BCUT2D eigenvalue weighted by atomic mass is 16.7. The van der Waals surface area contributed by atoms with Gasteiger partial charge in [-0.25, -0.2) is 0 Å². The smallest absolute Gasteiger partial charge is 0.320 e. The fraction of sp³-hybridized carbons (Fsp3) is 0.750. The molecule has 0 aromatic heterocycles. The molecule has 13 heavy (non-hydrogen) atoms. The molecular formula is C8H6O5. The molecule has 0 aliphatic carbocycles. The molecule has 4 aliphatic rings. The first-order valence-electron chi connectivity index (χ1n) is 4.34. The van der Waals surface area contributed by atoms with Crippen LogP contribution >= 0.6 is 0 Å². The lowest BCUT2D eigenvalue weighted by molar-refractivity contribution is -0.158. The van der Waals surface area contributed by atoms with E-state index in [4.69, 9.17) is 9.47 Å². The number of cyclic esters (lactones) is 2. The molecule has 0 amide bonds. The van der Waals surface area contributed by atoms with Crippen LogP contribution in [0.1, 0.15) is 0 Å². The Labute approximate surface area is 72.9 Å². The molecule has 6 atom stereocenters. The number of carbonyl (C=O) groups excluding carboxylic acids is 2. The molecule has 0 N–H and O–H groups in total. The molecule has 4 rings (SSSR count). The van der Waals surface area contributed by atoms with Crippen molar-refractivity contribution in [2.75, 3.05) is 0 Å². The van der Waals surface area contributed by atoms with Crippen LogP contribution in [0, 0.1) is 11.8 Å². The molecule has 5 nitrogen and oxygen atoms in total. The predicted octanol–water partition coefficient (Wildman–Crippen LogP) is -1.15. The summed E-state index contributed by atoms with van der Waals surface area (Å²) < 4.78 is 15.3. The van der Waals surface area contributed by atoms with E-state index in [1.54, 1.807) is 0 Å². The molecule has 68 valence electrons. The topological polar surface area (TPSA) is 65.1 Å². The number of rotatable bonds is 0. The maximum atomic E-state index is 11.2. The zero-order valence-corrected chi connectivity index (χ0v) is 6.51. The van der Waals surface area contributed by atoms with Crippen molar-refractivity contribution in [3.63, 3.8) is 0 Å². The van der Waals surface area contributed by atoms with Gasteiger partial charge in [-0.15, -0.1) is 0 Å². The first-order chi connectivity index (χ1) is 6.27. The Kier molecular flexibility index (Phi) is 0.825. The third kappa shape index (κ3) is 0.538. The van der Waals surface area contributed by atoms with Gasteiger partial charge in [0.15, 0.2) is 0 Å². The second kappa shape index (κ2) is 1.65. The molecule has 2 unspecified atom stereocenters. The minimum atomic E-state index is -0.434. The summed E-state index contributed by atoms with van der Waals surface area (Å²) in [6.07, 6.45) is -0.354. The Hall–Kier alpha value is -0.940. The average molecular weight is 182 g/mol. The number of esters is 2. The van der Waals surface area contributed by atoms with E-state index in [0.717, 1.165) is 0 Å².